The molecule has 0 N–H and O–H groups in total. The van der Waals surface area contributed by atoms with Gasteiger partial charge in [-0.25, -0.2) is 0 Å². The lowest BCUT2D eigenvalue weighted by Crippen LogP contribution is -2.56. The zero-order valence-electron chi connectivity index (χ0n) is 13.7. The van der Waals surface area contributed by atoms with Crippen LogP contribution >= 0.6 is 0 Å². The van der Waals surface area contributed by atoms with Gasteiger partial charge in [0.15, 0.2) is 0 Å². The molecule has 2 heterocycles. The van der Waals surface area contributed by atoms with E-state index >= 15 is 0 Å². The number of esters is 2. The third-order valence-corrected chi connectivity index (χ3v) is 5.16. The number of nitrogens with zero attached hydrogens (tertiary/aromatic N) is 1. The van der Waals surface area contributed by atoms with Crippen LogP contribution in [-0.4, -0.2) is 38.7 Å². The summed E-state index contributed by atoms with van der Waals surface area (Å²) in [6.07, 6.45) is 5.13. The van der Waals surface area contributed by atoms with Crippen LogP contribution in [0.2, 0.25) is 0 Å². The van der Waals surface area contributed by atoms with Gasteiger partial charge in [-0.15, -0.1) is 0 Å². The van der Waals surface area contributed by atoms with E-state index in [1.807, 2.05) is 24.3 Å². The minimum Gasteiger partial charge on any atom is -0.468 e. The van der Waals surface area contributed by atoms with Crippen molar-refractivity contribution in [2.45, 2.75) is 43.6 Å². The fourth-order valence-corrected chi connectivity index (χ4v) is 4.16. The van der Waals surface area contributed by atoms with Crippen molar-refractivity contribution in [3.05, 3.63) is 29.8 Å². The van der Waals surface area contributed by atoms with Gasteiger partial charge in [0.25, 0.3) is 0 Å². The molecule has 0 spiro atoms. The third kappa shape index (κ3) is 2.21. The number of ether oxygens (including phenoxy) is 2. The Morgan fingerprint density at radius 1 is 1.04 bits per heavy atom. The summed E-state index contributed by atoms with van der Waals surface area (Å²) in [6.45, 7) is 0.845. The highest BCUT2D eigenvalue weighted by atomic mass is 16.5. The van der Waals surface area contributed by atoms with Crippen LogP contribution in [-0.2, 0) is 24.5 Å². The number of para-hydroxylation sites is 1. The molecule has 0 aliphatic carbocycles. The molecule has 124 valence electrons. The van der Waals surface area contributed by atoms with Crippen LogP contribution < -0.4 is 4.90 Å². The summed E-state index contributed by atoms with van der Waals surface area (Å²) in [5.41, 5.74) is 0.290. The number of hydrogen-bond acceptors (Lipinski definition) is 5. The minimum atomic E-state index is -1.38. The lowest BCUT2D eigenvalue weighted by molar-refractivity contribution is -0.163. The van der Waals surface area contributed by atoms with E-state index in [4.69, 9.17) is 9.47 Å². The Labute approximate surface area is 136 Å². The summed E-state index contributed by atoms with van der Waals surface area (Å²) in [6, 6.07) is 7.41. The Morgan fingerprint density at radius 2 is 1.70 bits per heavy atom. The quantitative estimate of drug-likeness (QED) is 0.619. The Bertz CT molecular complexity index is 597. The first-order valence-electron chi connectivity index (χ1n) is 8.21. The minimum absolute atomic E-state index is 0.236. The Kier molecular flexibility index (Phi) is 4.28. The average Bonchev–Trinajstić information content (AvgIpc) is 2.83. The van der Waals surface area contributed by atoms with E-state index in [-0.39, 0.29) is 6.04 Å². The molecule has 0 bridgehead atoms. The molecule has 1 atom stereocenters. The maximum atomic E-state index is 12.8. The highest BCUT2D eigenvalue weighted by Crippen LogP contribution is 2.49. The number of carbonyl (C=O) groups excluding carboxylic acids is 2. The maximum Gasteiger partial charge on any atom is 0.330 e. The van der Waals surface area contributed by atoms with Gasteiger partial charge in [-0.05, 0) is 18.9 Å². The zero-order valence-corrected chi connectivity index (χ0v) is 13.7. The van der Waals surface area contributed by atoms with Crippen LogP contribution in [0.25, 0.3) is 0 Å². The predicted octanol–water partition coefficient (Wildman–Crippen LogP) is 2.42. The molecule has 5 nitrogen and oxygen atoms in total. The summed E-state index contributed by atoms with van der Waals surface area (Å²) in [5.74, 6) is -1.05. The summed E-state index contributed by atoms with van der Waals surface area (Å²) >= 11 is 0. The predicted molar refractivity (Wildman–Crippen MR) is 86.4 cm³/mol. The van der Waals surface area contributed by atoms with Crippen molar-refractivity contribution in [3.63, 3.8) is 0 Å². The van der Waals surface area contributed by atoms with Crippen LogP contribution in [0.4, 0.5) is 5.69 Å². The lowest BCUT2D eigenvalue weighted by Gasteiger charge is -2.36. The summed E-state index contributed by atoms with van der Waals surface area (Å²) < 4.78 is 10.1. The van der Waals surface area contributed by atoms with Gasteiger partial charge in [-0.1, -0.05) is 37.5 Å². The molecule has 1 unspecified atom stereocenters. The number of methoxy groups -OCH3 is 2. The van der Waals surface area contributed by atoms with E-state index in [2.05, 4.69) is 4.90 Å². The first-order valence-corrected chi connectivity index (χ1v) is 8.21. The van der Waals surface area contributed by atoms with Gasteiger partial charge in [-0.2, -0.15) is 0 Å². The number of carbonyl (C=O) groups is 2. The van der Waals surface area contributed by atoms with Crippen molar-refractivity contribution in [3.8, 4) is 0 Å². The molecule has 2 aliphatic rings. The van der Waals surface area contributed by atoms with E-state index in [1.54, 1.807) is 0 Å². The van der Waals surface area contributed by atoms with Crippen molar-refractivity contribution in [2.24, 2.45) is 0 Å². The second kappa shape index (κ2) is 6.22. The average molecular weight is 317 g/mol. The molecule has 0 amide bonds. The molecule has 0 radical (unpaired) electrons. The Hall–Kier alpha value is -2.04. The molecular weight excluding hydrogens is 294 g/mol. The first kappa shape index (κ1) is 15.8. The monoisotopic (exact) mass is 317 g/mol. The Balaban J connectivity index is 2.22. The first-order chi connectivity index (χ1) is 11.2. The molecule has 1 saturated heterocycles. The van der Waals surface area contributed by atoms with Gasteiger partial charge in [0.05, 0.1) is 20.3 Å². The topological polar surface area (TPSA) is 55.8 Å². The van der Waals surface area contributed by atoms with Crippen LogP contribution in [0.1, 0.15) is 37.7 Å². The number of fused-ring (bicyclic) bond motifs is 3. The molecule has 1 aromatic carbocycles. The Morgan fingerprint density at radius 3 is 2.39 bits per heavy atom. The van der Waals surface area contributed by atoms with E-state index in [1.165, 1.54) is 20.6 Å². The summed E-state index contributed by atoms with van der Waals surface area (Å²) in [7, 11) is 2.67. The van der Waals surface area contributed by atoms with Gasteiger partial charge in [0.2, 0.25) is 5.41 Å². The van der Waals surface area contributed by atoms with E-state index < -0.39 is 17.4 Å². The third-order valence-electron chi connectivity index (χ3n) is 5.16. The van der Waals surface area contributed by atoms with Crippen molar-refractivity contribution in [1.82, 2.24) is 0 Å². The second-order valence-electron chi connectivity index (χ2n) is 6.22. The summed E-state index contributed by atoms with van der Waals surface area (Å²) in [4.78, 5) is 27.8. The van der Waals surface area contributed by atoms with Crippen LogP contribution in [0, 0.1) is 0 Å². The number of rotatable bonds is 2. The number of hydrogen-bond donors (Lipinski definition) is 0. The van der Waals surface area contributed by atoms with E-state index in [9.17, 15) is 9.59 Å². The highest BCUT2D eigenvalue weighted by molar-refractivity contribution is 6.10. The smallest absolute Gasteiger partial charge is 0.330 e. The van der Waals surface area contributed by atoms with Gasteiger partial charge in [0.1, 0.15) is 0 Å². The SMILES string of the molecule is COC(=O)C1(C(=O)OC)c2ccccc2N2CCCCCCC21. The number of benzene rings is 1. The second-order valence-corrected chi connectivity index (χ2v) is 6.22. The van der Waals surface area contributed by atoms with E-state index in [0.29, 0.717) is 5.56 Å². The molecule has 3 rings (SSSR count). The molecule has 5 heteroatoms. The standard InChI is InChI=1S/C18H23NO4/c1-22-16(20)18(17(21)23-2)13-9-6-7-10-14(13)19-12-8-4-3-5-11-15(18)19/h6-7,9-10,15H,3-5,8,11-12H2,1-2H3. The van der Waals surface area contributed by atoms with Gasteiger partial charge >= 0.3 is 11.9 Å². The molecule has 2 aliphatic heterocycles. The van der Waals surface area contributed by atoms with Crippen LogP contribution in [0.3, 0.4) is 0 Å². The largest absolute Gasteiger partial charge is 0.468 e. The van der Waals surface area contributed by atoms with Gasteiger partial charge < -0.3 is 14.4 Å². The number of anilines is 1. The molecule has 1 fully saturated rings. The molecule has 23 heavy (non-hydrogen) atoms. The lowest BCUT2D eigenvalue weighted by atomic mass is 9.74. The highest BCUT2D eigenvalue weighted by Gasteiger charge is 2.62. The molecule has 0 aromatic heterocycles. The maximum absolute atomic E-state index is 12.8. The molecular formula is C18H23NO4. The van der Waals surface area contributed by atoms with Crippen molar-refractivity contribution in [2.75, 3.05) is 25.7 Å². The van der Waals surface area contributed by atoms with Gasteiger partial charge in [0, 0.05) is 17.8 Å². The van der Waals surface area contributed by atoms with Crippen LogP contribution in [0.5, 0.6) is 0 Å². The van der Waals surface area contributed by atoms with Crippen molar-refractivity contribution < 1.29 is 19.1 Å². The fraction of sp³-hybridized carbons (Fsp3) is 0.556. The summed E-state index contributed by atoms with van der Waals surface area (Å²) in [5, 5.41) is 0. The fourth-order valence-electron chi connectivity index (χ4n) is 4.16. The van der Waals surface area contributed by atoms with Crippen LogP contribution in [0.15, 0.2) is 24.3 Å². The van der Waals surface area contributed by atoms with Crippen molar-refractivity contribution >= 4 is 17.6 Å². The molecule has 0 saturated carbocycles. The molecule has 1 aromatic rings. The zero-order chi connectivity index (χ0) is 16.4. The normalized spacial score (nSPS) is 22.3. The van der Waals surface area contributed by atoms with Crippen molar-refractivity contribution in [1.29, 1.82) is 0 Å². The van der Waals surface area contributed by atoms with Gasteiger partial charge in [-0.3, -0.25) is 9.59 Å². The van der Waals surface area contributed by atoms with E-state index in [0.717, 1.165) is 37.9 Å².